The zero-order chi connectivity index (χ0) is 14.8. The van der Waals surface area contributed by atoms with Crippen molar-refractivity contribution in [2.75, 3.05) is 0 Å². The summed E-state index contributed by atoms with van der Waals surface area (Å²) < 4.78 is 0. The van der Waals surface area contributed by atoms with Gasteiger partial charge in [-0.05, 0) is 53.0 Å². The van der Waals surface area contributed by atoms with Gasteiger partial charge in [-0.15, -0.1) is 9.24 Å². The summed E-state index contributed by atoms with van der Waals surface area (Å²) in [5.41, 5.74) is 7.67. The van der Waals surface area contributed by atoms with E-state index in [9.17, 15) is 0 Å². The molecule has 0 radical (unpaired) electrons. The normalized spacial score (nSPS) is 10.6. The Balaban J connectivity index is 2.07. The molecule has 3 aromatic rings. The van der Waals surface area contributed by atoms with Crippen LogP contribution in [0, 0.1) is 13.8 Å². The van der Waals surface area contributed by atoms with E-state index in [0.29, 0.717) is 0 Å². The lowest BCUT2D eigenvalue weighted by molar-refractivity contribution is 1.44. The number of hydrogen-bond donors (Lipinski definition) is 0. The van der Waals surface area contributed by atoms with Gasteiger partial charge in [0.1, 0.15) is 0 Å². The van der Waals surface area contributed by atoms with Gasteiger partial charge < -0.3 is 0 Å². The molecule has 0 aliphatic rings. The number of rotatable bonds is 2. The molecule has 1 atom stereocenters. The monoisotopic (exact) mass is 290 g/mol. The molecule has 3 aromatic carbocycles. The van der Waals surface area contributed by atoms with Crippen LogP contribution in [0.5, 0.6) is 0 Å². The van der Waals surface area contributed by atoms with Gasteiger partial charge in [-0.3, -0.25) is 0 Å². The lowest BCUT2D eigenvalue weighted by Gasteiger charge is -2.09. The molecule has 21 heavy (non-hydrogen) atoms. The van der Waals surface area contributed by atoms with Gasteiger partial charge in [-0.2, -0.15) is 0 Å². The molecule has 0 N–H and O–H groups in total. The van der Waals surface area contributed by atoms with E-state index in [1.807, 2.05) is 0 Å². The van der Waals surface area contributed by atoms with Gasteiger partial charge in [0.25, 0.3) is 0 Å². The van der Waals surface area contributed by atoms with Crippen molar-refractivity contribution >= 4 is 14.5 Å². The van der Waals surface area contributed by atoms with Gasteiger partial charge in [-0.25, -0.2) is 0 Å². The first-order valence-electron chi connectivity index (χ1n) is 7.16. The molecule has 0 heterocycles. The van der Waals surface area contributed by atoms with E-state index in [4.69, 9.17) is 0 Å². The first kappa shape index (κ1) is 14.0. The van der Waals surface area contributed by atoms with E-state index >= 15 is 0 Å². The second-order valence-corrected chi connectivity index (χ2v) is 6.24. The third kappa shape index (κ3) is 3.23. The number of hydrogen-bond acceptors (Lipinski definition) is 0. The fourth-order valence-corrected chi connectivity index (χ4v) is 2.73. The smallest absolute Gasteiger partial charge is 0.0175 e. The SMILES string of the molecule is Cc1ccc(-c2cc(C)cc(-c3ccc(P)cc3)c2)cc1. The zero-order valence-electron chi connectivity index (χ0n) is 12.4. The summed E-state index contributed by atoms with van der Waals surface area (Å²) in [6, 6.07) is 24.1. The van der Waals surface area contributed by atoms with Crippen LogP contribution in [0.2, 0.25) is 0 Å². The standard InChI is InChI=1S/C20H19P/c1-14-3-5-16(6-4-14)18-11-15(2)12-19(13-18)17-7-9-20(21)10-8-17/h3-13H,21H2,1-2H3. The molecule has 0 spiro atoms. The van der Waals surface area contributed by atoms with E-state index in [1.165, 1.54) is 38.7 Å². The van der Waals surface area contributed by atoms with Gasteiger partial charge in [0, 0.05) is 0 Å². The van der Waals surface area contributed by atoms with Crippen molar-refractivity contribution in [3.63, 3.8) is 0 Å². The lowest BCUT2D eigenvalue weighted by atomic mass is 9.96. The summed E-state index contributed by atoms with van der Waals surface area (Å²) in [6.45, 7) is 4.28. The summed E-state index contributed by atoms with van der Waals surface area (Å²) in [6.07, 6.45) is 0. The Kier molecular flexibility index (Phi) is 3.90. The highest BCUT2D eigenvalue weighted by atomic mass is 31.0. The highest BCUT2D eigenvalue weighted by Gasteiger charge is 2.03. The van der Waals surface area contributed by atoms with Crippen molar-refractivity contribution in [3.8, 4) is 22.3 Å². The van der Waals surface area contributed by atoms with Crippen LogP contribution >= 0.6 is 9.24 Å². The molecule has 3 rings (SSSR count). The second kappa shape index (κ2) is 5.84. The maximum Gasteiger partial charge on any atom is -0.0175 e. The Hall–Kier alpha value is -1.91. The molecule has 1 unspecified atom stereocenters. The van der Waals surface area contributed by atoms with Crippen LogP contribution in [-0.2, 0) is 0 Å². The molecule has 0 aliphatic carbocycles. The molecule has 0 saturated heterocycles. The molecule has 0 aliphatic heterocycles. The third-order valence-electron chi connectivity index (χ3n) is 3.71. The van der Waals surface area contributed by atoms with Crippen LogP contribution in [0.15, 0.2) is 66.7 Å². The first-order chi connectivity index (χ1) is 10.1. The summed E-state index contributed by atoms with van der Waals surface area (Å²) >= 11 is 0. The van der Waals surface area contributed by atoms with E-state index in [-0.39, 0.29) is 0 Å². The molecule has 0 saturated carbocycles. The number of benzene rings is 3. The predicted octanol–water partition coefficient (Wildman–Crippen LogP) is 5.14. The molecule has 0 amide bonds. The highest BCUT2D eigenvalue weighted by molar-refractivity contribution is 7.27. The van der Waals surface area contributed by atoms with Crippen molar-refractivity contribution in [2.45, 2.75) is 13.8 Å². The molecule has 0 bridgehead atoms. The average Bonchev–Trinajstić information content (AvgIpc) is 2.48. The van der Waals surface area contributed by atoms with Crippen molar-refractivity contribution in [3.05, 3.63) is 77.9 Å². The van der Waals surface area contributed by atoms with Gasteiger partial charge in [0.05, 0.1) is 0 Å². The minimum Gasteiger partial charge on any atom is -0.106 e. The van der Waals surface area contributed by atoms with Crippen LogP contribution in [0.25, 0.3) is 22.3 Å². The van der Waals surface area contributed by atoms with E-state index in [0.717, 1.165) is 0 Å². The van der Waals surface area contributed by atoms with Crippen LogP contribution in [-0.4, -0.2) is 0 Å². The van der Waals surface area contributed by atoms with Crippen LogP contribution in [0.1, 0.15) is 11.1 Å². The van der Waals surface area contributed by atoms with Crippen molar-refractivity contribution in [1.82, 2.24) is 0 Å². The Bertz CT molecular complexity index is 689. The zero-order valence-corrected chi connectivity index (χ0v) is 13.6. The maximum atomic E-state index is 2.73. The van der Waals surface area contributed by atoms with E-state index in [1.54, 1.807) is 0 Å². The first-order valence-corrected chi connectivity index (χ1v) is 7.74. The van der Waals surface area contributed by atoms with Crippen LogP contribution in [0.3, 0.4) is 0 Å². The van der Waals surface area contributed by atoms with Gasteiger partial charge in [0.15, 0.2) is 0 Å². The van der Waals surface area contributed by atoms with Gasteiger partial charge >= 0.3 is 0 Å². The Morgan fingerprint density at radius 2 is 1.00 bits per heavy atom. The average molecular weight is 290 g/mol. The van der Waals surface area contributed by atoms with Crippen molar-refractivity contribution in [1.29, 1.82) is 0 Å². The highest BCUT2D eigenvalue weighted by Crippen LogP contribution is 2.28. The Labute approximate surface area is 129 Å². The molecular weight excluding hydrogens is 271 g/mol. The lowest BCUT2D eigenvalue weighted by Crippen LogP contribution is -1.89. The fraction of sp³-hybridized carbons (Fsp3) is 0.100. The maximum absolute atomic E-state index is 2.73. The second-order valence-electron chi connectivity index (χ2n) is 5.58. The summed E-state index contributed by atoms with van der Waals surface area (Å²) in [5.74, 6) is 0. The van der Waals surface area contributed by atoms with Crippen LogP contribution < -0.4 is 5.30 Å². The summed E-state index contributed by atoms with van der Waals surface area (Å²) in [4.78, 5) is 0. The van der Waals surface area contributed by atoms with Crippen molar-refractivity contribution < 1.29 is 0 Å². The summed E-state index contributed by atoms with van der Waals surface area (Å²) in [5, 5.41) is 1.21. The quantitative estimate of drug-likeness (QED) is 0.573. The van der Waals surface area contributed by atoms with Crippen LogP contribution in [0.4, 0.5) is 0 Å². The number of aryl methyl sites for hydroxylation is 2. The Morgan fingerprint density at radius 3 is 1.52 bits per heavy atom. The van der Waals surface area contributed by atoms with E-state index < -0.39 is 0 Å². The van der Waals surface area contributed by atoms with Gasteiger partial charge in [0.2, 0.25) is 0 Å². The van der Waals surface area contributed by atoms with Crippen molar-refractivity contribution in [2.24, 2.45) is 0 Å². The van der Waals surface area contributed by atoms with Gasteiger partial charge in [-0.1, -0.05) is 66.2 Å². The molecule has 1 heteroatoms. The Morgan fingerprint density at radius 1 is 0.524 bits per heavy atom. The molecule has 0 aromatic heterocycles. The van der Waals surface area contributed by atoms with E-state index in [2.05, 4.69) is 89.8 Å². The minimum atomic E-state index is 1.21. The molecule has 0 nitrogen and oxygen atoms in total. The largest absolute Gasteiger partial charge is 0.106 e. The molecule has 104 valence electrons. The topological polar surface area (TPSA) is 0 Å². The molecular formula is C20H19P. The minimum absolute atomic E-state index is 1.21. The third-order valence-corrected chi connectivity index (χ3v) is 4.09. The predicted molar refractivity (Wildman–Crippen MR) is 96.1 cm³/mol. The fourth-order valence-electron chi connectivity index (χ4n) is 2.54. The molecule has 0 fully saturated rings. The summed E-state index contributed by atoms with van der Waals surface area (Å²) in [7, 11) is 2.73.